The molecule has 20 heavy (non-hydrogen) atoms. The lowest BCUT2D eigenvalue weighted by Crippen LogP contribution is -1.86. The Balaban J connectivity index is 2.03. The number of unbranched alkanes of at least 4 members (excludes halogenated alkanes) is 1. The first-order chi connectivity index (χ1) is 9.78. The van der Waals surface area contributed by atoms with E-state index in [1.54, 1.807) is 17.4 Å². The topological polar surface area (TPSA) is 33.1 Å². The van der Waals surface area contributed by atoms with Gasteiger partial charge >= 0.3 is 0 Å². The van der Waals surface area contributed by atoms with Crippen LogP contribution < -0.4 is 0 Å². The molecule has 2 nitrogen and oxygen atoms in total. The molecule has 0 saturated heterocycles. The highest BCUT2D eigenvalue weighted by Gasteiger charge is 2.11. The van der Waals surface area contributed by atoms with Crippen LogP contribution in [0.3, 0.4) is 0 Å². The Labute approximate surface area is 122 Å². The van der Waals surface area contributed by atoms with E-state index in [4.69, 9.17) is 0 Å². The van der Waals surface area contributed by atoms with Gasteiger partial charge in [0, 0.05) is 0 Å². The Morgan fingerprint density at radius 1 is 1.15 bits per heavy atom. The maximum Gasteiger partial charge on any atom is 0.128 e. The van der Waals surface area contributed by atoms with Crippen LogP contribution in [0.5, 0.6) is 5.75 Å². The van der Waals surface area contributed by atoms with E-state index in [1.807, 2.05) is 24.3 Å². The fraction of sp³-hybridized carbons (Fsp3) is 0.235. The van der Waals surface area contributed by atoms with E-state index in [0.29, 0.717) is 5.75 Å². The van der Waals surface area contributed by atoms with E-state index in [1.165, 1.54) is 18.4 Å². The van der Waals surface area contributed by atoms with Gasteiger partial charge in [-0.2, -0.15) is 0 Å². The summed E-state index contributed by atoms with van der Waals surface area (Å²) in [4.78, 5) is 4.62. The third-order valence-electron chi connectivity index (χ3n) is 3.40. The van der Waals surface area contributed by atoms with Crippen LogP contribution in [0, 0.1) is 0 Å². The Morgan fingerprint density at radius 3 is 2.80 bits per heavy atom. The SMILES string of the molecule is CCCCc1ccc(O)c(-c2nc3ccccc3s2)c1. The summed E-state index contributed by atoms with van der Waals surface area (Å²) in [6.45, 7) is 2.19. The number of nitrogens with zero attached hydrogens (tertiary/aromatic N) is 1. The summed E-state index contributed by atoms with van der Waals surface area (Å²) >= 11 is 1.63. The van der Waals surface area contributed by atoms with Gasteiger partial charge in [0.1, 0.15) is 10.8 Å². The van der Waals surface area contributed by atoms with Crippen LogP contribution in [0.2, 0.25) is 0 Å². The van der Waals surface area contributed by atoms with Crippen molar-refractivity contribution in [1.82, 2.24) is 4.98 Å². The van der Waals surface area contributed by atoms with Crippen molar-refractivity contribution in [3.8, 4) is 16.3 Å². The van der Waals surface area contributed by atoms with E-state index in [9.17, 15) is 5.11 Å². The van der Waals surface area contributed by atoms with Gasteiger partial charge in [-0.3, -0.25) is 0 Å². The van der Waals surface area contributed by atoms with Gasteiger partial charge in [0.25, 0.3) is 0 Å². The molecule has 1 heterocycles. The number of benzene rings is 2. The molecule has 1 aromatic heterocycles. The molecule has 0 fully saturated rings. The van der Waals surface area contributed by atoms with Gasteiger partial charge in [0.05, 0.1) is 15.8 Å². The lowest BCUT2D eigenvalue weighted by molar-refractivity contribution is 0.477. The second kappa shape index (κ2) is 5.63. The number of fused-ring (bicyclic) bond motifs is 1. The number of hydrogen-bond acceptors (Lipinski definition) is 3. The van der Waals surface area contributed by atoms with Gasteiger partial charge in [-0.15, -0.1) is 11.3 Å². The first-order valence-corrected chi connectivity index (χ1v) is 7.77. The van der Waals surface area contributed by atoms with Crippen LogP contribution in [0.15, 0.2) is 42.5 Å². The molecule has 0 amide bonds. The average Bonchev–Trinajstić information content (AvgIpc) is 2.90. The van der Waals surface area contributed by atoms with Gasteiger partial charge in [-0.1, -0.05) is 31.5 Å². The van der Waals surface area contributed by atoms with Crippen LogP contribution in [-0.2, 0) is 6.42 Å². The Morgan fingerprint density at radius 2 is 2.00 bits per heavy atom. The number of aromatic nitrogens is 1. The molecule has 0 saturated carbocycles. The lowest BCUT2D eigenvalue weighted by atomic mass is 10.0. The normalized spacial score (nSPS) is 11.1. The van der Waals surface area contributed by atoms with Crippen molar-refractivity contribution in [2.75, 3.05) is 0 Å². The van der Waals surface area contributed by atoms with E-state index in [2.05, 4.69) is 24.0 Å². The smallest absolute Gasteiger partial charge is 0.128 e. The van der Waals surface area contributed by atoms with Crippen molar-refractivity contribution in [1.29, 1.82) is 0 Å². The summed E-state index contributed by atoms with van der Waals surface area (Å²) in [6, 6.07) is 13.9. The summed E-state index contributed by atoms with van der Waals surface area (Å²) in [5.41, 5.74) is 3.10. The van der Waals surface area contributed by atoms with Crippen molar-refractivity contribution in [2.45, 2.75) is 26.2 Å². The van der Waals surface area contributed by atoms with Crippen molar-refractivity contribution in [3.05, 3.63) is 48.0 Å². The van der Waals surface area contributed by atoms with E-state index < -0.39 is 0 Å². The van der Waals surface area contributed by atoms with Gasteiger partial charge in [0.2, 0.25) is 0 Å². The van der Waals surface area contributed by atoms with Crippen molar-refractivity contribution < 1.29 is 5.11 Å². The molecule has 0 aliphatic carbocycles. The standard InChI is InChI=1S/C17H17NOS/c1-2-3-6-12-9-10-15(19)13(11-12)17-18-14-7-4-5-8-16(14)20-17/h4-5,7-11,19H,2-3,6H2,1H3. The highest BCUT2D eigenvalue weighted by molar-refractivity contribution is 7.21. The molecular formula is C17H17NOS. The van der Waals surface area contributed by atoms with Crippen LogP contribution in [-0.4, -0.2) is 10.1 Å². The minimum atomic E-state index is 0.310. The summed E-state index contributed by atoms with van der Waals surface area (Å²) in [5.74, 6) is 0.310. The first kappa shape index (κ1) is 13.1. The molecule has 102 valence electrons. The second-order valence-electron chi connectivity index (χ2n) is 4.94. The van der Waals surface area contributed by atoms with Gasteiger partial charge in [-0.05, 0) is 42.7 Å². The highest BCUT2D eigenvalue weighted by atomic mass is 32.1. The van der Waals surface area contributed by atoms with Gasteiger partial charge < -0.3 is 5.11 Å². The maximum absolute atomic E-state index is 10.1. The number of phenols is 1. The maximum atomic E-state index is 10.1. The zero-order valence-electron chi connectivity index (χ0n) is 11.5. The zero-order valence-corrected chi connectivity index (χ0v) is 12.3. The van der Waals surface area contributed by atoms with Crippen molar-refractivity contribution >= 4 is 21.6 Å². The van der Waals surface area contributed by atoms with Crippen molar-refractivity contribution in [2.24, 2.45) is 0 Å². The largest absolute Gasteiger partial charge is 0.507 e. The molecule has 0 radical (unpaired) electrons. The molecule has 0 unspecified atom stereocenters. The quantitative estimate of drug-likeness (QED) is 0.730. The molecule has 0 aliphatic rings. The molecular weight excluding hydrogens is 266 g/mol. The number of aromatic hydroxyl groups is 1. The average molecular weight is 283 g/mol. The van der Waals surface area contributed by atoms with Gasteiger partial charge in [-0.25, -0.2) is 4.98 Å². The molecule has 1 N–H and O–H groups in total. The van der Waals surface area contributed by atoms with Crippen LogP contribution in [0.1, 0.15) is 25.3 Å². The predicted octanol–water partition coefficient (Wildman–Crippen LogP) is 5.01. The fourth-order valence-electron chi connectivity index (χ4n) is 2.28. The molecule has 3 rings (SSSR count). The number of para-hydroxylation sites is 1. The summed E-state index contributed by atoms with van der Waals surface area (Å²) in [5, 5.41) is 11.0. The number of aryl methyl sites for hydroxylation is 1. The van der Waals surface area contributed by atoms with Crippen LogP contribution in [0.25, 0.3) is 20.8 Å². The number of rotatable bonds is 4. The fourth-order valence-corrected chi connectivity index (χ4v) is 3.27. The van der Waals surface area contributed by atoms with Crippen LogP contribution in [0.4, 0.5) is 0 Å². The molecule has 0 aliphatic heterocycles. The third-order valence-corrected chi connectivity index (χ3v) is 4.47. The van der Waals surface area contributed by atoms with Crippen LogP contribution >= 0.6 is 11.3 Å². The predicted molar refractivity (Wildman–Crippen MR) is 85.3 cm³/mol. The number of phenolic OH excluding ortho intramolecular Hbond substituents is 1. The summed E-state index contributed by atoms with van der Waals surface area (Å²) < 4.78 is 1.15. The Kier molecular flexibility index (Phi) is 3.70. The number of hydrogen-bond donors (Lipinski definition) is 1. The molecule has 0 bridgehead atoms. The summed E-state index contributed by atoms with van der Waals surface area (Å²) in [6.07, 6.45) is 3.40. The lowest BCUT2D eigenvalue weighted by Gasteiger charge is -2.05. The molecule has 2 aromatic carbocycles. The zero-order chi connectivity index (χ0) is 13.9. The van der Waals surface area contributed by atoms with E-state index in [-0.39, 0.29) is 0 Å². The van der Waals surface area contributed by atoms with Gasteiger partial charge in [0.15, 0.2) is 0 Å². The Bertz CT molecular complexity index is 700. The van der Waals surface area contributed by atoms with E-state index >= 15 is 0 Å². The molecule has 3 aromatic rings. The molecule has 0 spiro atoms. The monoisotopic (exact) mass is 283 g/mol. The minimum absolute atomic E-state index is 0.310. The molecule has 0 atom stereocenters. The molecule has 3 heteroatoms. The summed E-state index contributed by atoms with van der Waals surface area (Å²) in [7, 11) is 0. The van der Waals surface area contributed by atoms with Crippen molar-refractivity contribution in [3.63, 3.8) is 0 Å². The third kappa shape index (κ3) is 2.54. The second-order valence-corrected chi connectivity index (χ2v) is 5.97. The Hall–Kier alpha value is -1.87. The minimum Gasteiger partial charge on any atom is -0.507 e. The highest BCUT2D eigenvalue weighted by Crippen LogP contribution is 2.35. The van der Waals surface area contributed by atoms with E-state index in [0.717, 1.165) is 27.2 Å². The first-order valence-electron chi connectivity index (χ1n) is 6.96. The number of thiazole rings is 1.